The standard InChI is InChI=1S/C16H14ClN3O3/c1-9-18-13-4-5-14(16(22)23)19-15(13)20(9)7-11-3-2-10(8-21)6-12(11)17/h2-6,21H,7-8H2,1H3,(H,22,23)/p-1. The molecule has 6 nitrogen and oxygen atoms in total. The Labute approximate surface area is 137 Å². The van der Waals surface area contributed by atoms with Gasteiger partial charge in [-0.15, -0.1) is 0 Å². The smallest absolute Gasteiger partial charge is 0.161 e. The third-order valence-corrected chi connectivity index (χ3v) is 3.97. The summed E-state index contributed by atoms with van der Waals surface area (Å²) in [7, 11) is 0. The Hall–Kier alpha value is -2.44. The minimum atomic E-state index is -1.33. The molecule has 0 amide bonds. The van der Waals surface area contributed by atoms with Gasteiger partial charge in [-0.2, -0.15) is 0 Å². The lowest BCUT2D eigenvalue weighted by Crippen LogP contribution is -2.23. The van der Waals surface area contributed by atoms with Gasteiger partial charge in [0.25, 0.3) is 0 Å². The van der Waals surface area contributed by atoms with Gasteiger partial charge in [0.2, 0.25) is 0 Å². The lowest BCUT2D eigenvalue weighted by atomic mass is 10.1. The largest absolute Gasteiger partial charge is 0.543 e. The number of aromatic nitrogens is 3. The molecule has 0 aliphatic heterocycles. The second-order valence-electron chi connectivity index (χ2n) is 5.16. The highest BCUT2D eigenvalue weighted by Gasteiger charge is 2.12. The first-order valence-electron chi connectivity index (χ1n) is 6.93. The first-order valence-corrected chi connectivity index (χ1v) is 7.31. The second kappa shape index (κ2) is 5.98. The van der Waals surface area contributed by atoms with Crippen LogP contribution >= 0.6 is 11.6 Å². The van der Waals surface area contributed by atoms with Gasteiger partial charge in [-0.1, -0.05) is 23.7 Å². The van der Waals surface area contributed by atoms with Gasteiger partial charge in [0.1, 0.15) is 11.3 Å². The molecule has 1 N–H and O–H groups in total. The molecule has 0 spiro atoms. The van der Waals surface area contributed by atoms with Gasteiger partial charge in [0.05, 0.1) is 24.8 Å². The van der Waals surface area contributed by atoms with Gasteiger partial charge in [-0.3, -0.25) is 0 Å². The van der Waals surface area contributed by atoms with Crippen molar-refractivity contribution in [3.8, 4) is 0 Å². The number of carbonyl (C=O) groups is 1. The van der Waals surface area contributed by atoms with Crippen LogP contribution in [0.1, 0.15) is 27.4 Å². The van der Waals surface area contributed by atoms with Crippen LogP contribution in [-0.2, 0) is 13.2 Å². The fourth-order valence-corrected chi connectivity index (χ4v) is 2.67. The molecule has 0 bridgehead atoms. The molecule has 0 atom stereocenters. The molecule has 23 heavy (non-hydrogen) atoms. The van der Waals surface area contributed by atoms with Crippen LogP contribution in [-0.4, -0.2) is 25.6 Å². The van der Waals surface area contributed by atoms with E-state index in [0.717, 1.165) is 11.1 Å². The number of pyridine rings is 1. The number of rotatable bonds is 4. The molecule has 0 radical (unpaired) electrons. The summed E-state index contributed by atoms with van der Waals surface area (Å²) in [4.78, 5) is 19.5. The molecule has 0 saturated heterocycles. The molecule has 2 heterocycles. The van der Waals surface area contributed by atoms with E-state index in [1.807, 2.05) is 13.0 Å². The predicted octanol–water partition coefficient (Wildman–Crippen LogP) is 1.30. The third-order valence-electron chi connectivity index (χ3n) is 3.62. The lowest BCUT2D eigenvalue weighted by molar-refractivity contribution is -0.255. The van der Waals surface area contributed by atoms with E-state index in [1.54, 1.807) is 22.8 Å². The number of hydrogen-bond acceptors (Lipinski definition) is 5. The van der Waals surface area contributed by atoms with Gasteiger partial charge in [-0.05, 0) is 36.2 Å². The van der Waals surface area contributed by atoms with Crippen LogP contribution in [0.5, 0.6) is 0 Å². The number of carboxylic acid groups (broad SMARTS) is 1. The van der Waals surface area contributed by atoms with Crippen LogP contribution in [0.15, 0.2) is 30.3 Å². The molecule has 0 fully saturated rings. The average Bonchev–Trinajstić information content (AvgIpc) is 2.84. The molecule has 0 saturated carbocycles. The monoisotopic (exact) mass is 330 g/mol. The van der Waals surface area contributed by atoms with Gasteiger partial charge >= 0.3 is 0 Å². The maximum Gasteiger partial charge on any atom is 0.161 e. The summed E-state index contributed by atoms with van der Waals surface area (Å²) >= 11 is 6.24. The third kappa shape index (κ3) is 2.91. The van der Waals surface area contributed by atoms with E-state index in [0.29, 0.717) is 28.6 Å². The van der Waals surface area contributed by atoms with E-state index in [-0.39, 0.29) is 12.3 Å². The SMILES string of the molecule is Cc1nc2ccc(C(=O)[O-])nc2n1Cc1ccc(CO)cc1Cl. The summed E-state index contributed by atoms with van der Waals surface area (Å²) < 4.78 is 1.79. The van der Waals surface area contributed by atoms with Crippen LogP contribution in [0.25, 0.3) is 11.2 Å². The molecular formula is C16H13ClN3O3-. The maximum absolute atomic E-state index is 11.0. The van der Waals surface area contributed by atoms with Crippen molar-refractivity contribution in [3.63, 3.8) is 0 Å². The maximum atomic E-state index is 11.0. The zero-order valence-electron chi connectivity index (χ0n) is 12.3. The van der Waals surface area contributed by atoms with Crippen LogP contribution < -0.4 is 5.11 Å². The van der Waals surface area contributed by atoms with Crippen LogP contribution in [0.2, 0.25) is 5.02 Å². The lowest BCUT2D eigenvalue weighted by Gasteiger charge is -2.10. The van der Waals surface area contributed by atoms with Crippen LogP contribution in [0.4, 0.5) is 0 Å². The number of aliphatic hydroxyl groups excluding tert-OH is 1. The molecule has 118 valence electrons. The Morgan fingerprint density at radius 2 is 2.09 bits per heavy atom. The van der Waals surface area contributed by atoms with Crippen molar-refractivity contribution < 1.29 is 15.0 Å². The van der Waals surface area contributed by atoms with Crippen LogP contribution in [0.3, 0.4) is 0 Å². The molecule has 1 aromatic carbocycles. The second-order valence-corrected chi connectivity index (χ2v) is 5.56. The van der Waals surface area contributed by atoms with Gasteiger partial charge in [0, 0.05) is 5.02 Å². The normalized spacial score (nSPS) is 11.1. The van der Waals surface area contributed by atoms with Crippen molar-refractivity contribution in [2.24, 2.45) is 0 Å². The predicted molar refractivity (Wildman–Crippen MR) is 83.1 cm³/mol. The summed E-state index contributed by atoms with van der Waals surface area (Å²) in [5, 5.41) is 20.7. The van der Waals surface area contributed by atoms with Gasteiger partial charge in [0.15, 0.2) is 5.65 Å². The minimum Gasteiger partial charge on any atom is -0.543 e. The van der Waals surface area contributed by atoms with E-state index >= 15 is 0 Å². The van der Waals surface area contributed by atoms with E-state index < -0.39 is 5.97 Å². The van der Waals surface area contributed by atoms with E-state index in [9.17, 15) is 9.90 Å². The Kier molecular flexibility index (Phi) is 4.02. The number of aromatic carboxylic acids is 1. The number of hydrogen-bond donors (Lipinski definition) is 1. The van der Waals surface area contributed by atoms with Crippen LogP contribution in [0, 0.1) is 6.92 Å². The molecule has 0 aliphatic carbocycles. The topological polar surface area (TPSA) is 91.1 Å². The number of halogens is 1. The van der Waals surface area contributed by atoms with E-state index in [2.05, 4.69) is 9.97 Å². The number of imidazole rings is 1. The summed E-state index contributed by atoms with van der Waals surface area (Å²) in [6.45, 7) is 2.14. The molecule has 3 aromatic rings. The Bertz CT molecular complexity index is 905. The highest BCUT2D eigenvalue weighted by molar-refractivity contribution is 6.31. The fourth-order valence-electron chi connectivity index (χ4n) is 2.41. The minimum absolute atomic E-state index is 0.0798. The number of carboxylic acids is 1. The number of benzene rings is 1. The number of aryl methyl sites for hydroxylation is 1. The van der Waals surface area contributed by atoms with Crippen molar-refractivity contribution >= 4 is 28.7 Å². The first-order chi connectivity index (χ1) is 11.0. The van der Waals surface area contributed by atoms with Crippen molar-refractivity contribution in [2.75, 3.05) is 0 Å². The van der Waals surface area contributed by atoms with Gasteiger partial charge in [-0.25, -0.2) is 9.97 Å². The van der Waals surface area contributed by atoms with Crippen molar-refractivity contribution in [1.29, 1.82) is 0 Å². The van der Waals surface area contributed by atoms with Crippen molar-refractivity contribution in [2.45, 2.75) is 20.1 Å². The van der Waals surface area contributed by atoms with E-state index in [1.165, 1.54) is 6.07 Å². The number of nitrogens with zero attached hydrogens (tertiary/aromatic N) is 3. The molecular weight excluding hydrogens is 318 g/mol. The molecule has 3 rings (SSSR count). The quantitative estimate of drug-likeness (QED) is 0.778. The van der Waals surface area contributed by atoms with Crippen molar-refractivity contribution in [3.05, 3.63) is 58.0 Å². The number of carbonyl (C=O) groups excluding carboxylic acids is 1. The van der Waals surface area contributed by atoms with Crippen molar-refractivity contribution in [1.82, 2.24) is 14.5 Å². The summed E-state index contributed by atoms with van der Waals surface area (Å²) in [6.07, 6.45) is 0. The highest BCUT2D eigenvalue weighted by atomic mass is 35.5. The number of fused-ring (bicyclic) bond motifs is 1. The zero-order valence-corrected chi connectivity index (χ0v) is 13.0. The summed E-state index contributed by atoms with van der Waals surface area (Å²) in [6, 6.07) is 8.29. The van der Waals surface area contributed by atoms with Gasteiger partial charge < -0.3 is 19.6 Å². The highest BCUT2D eigenvalue weighted by Crippen LogP contribution is 2.22. The molecule has 0 aliphatic rings. The summed E-state index contributed by atoms with van der Waals surface area (Å²) in [5.74, 6) is -0.632. The molecule has 2 aromatic heterocycles. The Balaban J connectivity index is 2.07. The average molecular weight is 331 g/mol. The zero-order chi connectivity index (χ0) is 16.6. The van der Waals surface area contributed by atoms with E-state index in [4.69, 9.17) is 16.7 Å². The summed E-state index contributed by atoms with van der Waals surface area (Å²) in [5.41, 5.74) is 2.48. The Morgan fingerprint density at radius 3 is 2.74 bits per heavy atom. The first kappa shape index (κ1) is 15.5. The molecule has 7 heteroatoms. The Morgan fingerprint density at radius 1 is 1.30 bits per heavy atom. The molecule has 0 unspecified atom stereocenters. The fraction of sp³-hybridized carbons (Fsp3) is 0.188. The number of aliphatic hydroxyl groups is 1.